The van der Waals surface area contributed by atoms with Gasteiger partial charge in [-0.25, -0.2) is 9.97 Å². The summed E-state index contributed by atoms with van der Waals surface area (Å²) in [5, 5.41) is 0.545. The summed E-state index contributed by atoms with van der Waals surface area (Å²) in [5.74, 6) is 1.28. The van der Waals surface area contributed by atoms with E-state index in [1.165, 1.54) is 0 Å². The number of amides is 1. The van der Waals surface area contributed by atoms with Crippen LogP contribution in [-0.2, 0) is 4.79 Å². The van der Waals surface area contributed by atoms with Gasteiger partial charge in [0.05, 0.1) is 17.4 Å². The van der Waals surface area contributed by atoms with Crippen molar-refractivity contribution in [2.75, 3.05) is 25.0 Å². The lowest BCUT2D eigenvalue weighted by atomic mass is 10.0. The topological polar surface area (TPSA) is 49.3 Å². The minimum Gasteiger partial charge on any atom is -0.341 e. The van der Waals surface area contributed by atoms with E-state index in [0.29, 0.717) is 16.9 Å². The monoisotopic (exact) mass is 294 g/mol. The fourth-order valence-corrected chi connectivity index (χ4v) is 2.82. The maximum atomic E-state index is 12.2. The Morgan fingerprint density at radius 1 is 1.35 bits per heavy atom. The van der Waals surface area contributed by atoms with Crippen LogP contribution in [0.5, 0.6) is 0 Å². The molecule has 0 spiro atoms. The Bertz CT molecular complexity index is 488. The summed E-state index contributed by atoms with van der Waals surface area (Å²) in [4.78, 5) is 24.8. The van der Waals surface area contributed by atoms with Crippen LogP contribution in [0.3, 0.4) is 0 Å². The summed E-state index contributed by atoms with van der Waals surface area (Å²) in [5.41, 5.74) is 0. The lowest BCUT2D eigenvalue weighted by molar-refractivity contribution is -0.133. The molecule has 108 valence electrons. The van der Waals surface area contributed by atoms with Crippen LogP contribution >= 0.6 is 11.6 Å². The highest BCUT2D eigenvalue weighted by Crippen LogP contribution is 2.32. The van der Waals surface area contributed by atoms with Crippen LogP contribution in [0.1, 0.15) is 25.7 Å². The molecule has 1 amide bonds. The molecule has 2 heterocycles. The highest BCUT2D eigenvalue weighted by molar-refractivity contribution is 6.30. The van der Waals surface area contributed by atoms with Gasteiger partial charge in [-0.05, 0) is 25.7 Å². The van der Waals surface area contributed by atoms with Gasteiger partial charge in [-0.3, -0.25) is 4.79 Å². The number of hydrogen-bond donors (Lipinski definition) is 0. The second-order valence-corrected chi connectivity index (χ2v) is 6.10. The second kappa shape index (κ2) is 5.56. The van der Waals surface area contributed by atoms with Crippen molar-refractivity contribution in [3.8, 4) is 0 Å². The van der Waals surface area contributed by atoms with Crippen LogP contribution in [0.2, 0.25) is 5.02 Å². The molecule has 1 aromatic rings. The maximum absolute atomic E-state index is 12.2. The third-order valence-electron chi connectivity index (χ3n) is 4.11. The van der Waals surface area contributed by atoms with Crippen molar-refractivity contribution in [2.24, 2.45) is 5.92 Å². The molecule has 6 heteroatoms. The summed E-state index contributed by atoms with van der Waals surface area (Å²) >= 11 is 5.82. The van der Waals surface area contributed by atoms with E-state index < -0.39 is 0 Å². The molecule has 3 rings (SSSR count). The van der Waals surface area contributed by atoms with Crippen LogP contribution in [0.4, 0.5) is 5.95 Å². The molecule has 1 aliphatic heterocycles. The second-order valence-electron chi connectivity index (χ2n) is 5.67. The SMILES string of the molecule is CN(C(=O)C1CC1)C1CCCN(c2ncc(Cl)cn2)C1. The van der Waals surface area contributed by atoms with Crippen molar-refractivity contribution >= 4 is 23.5 Å². The molecular weight excluding hydrogens is 276 g/mol. The molecule has 2 fully saturated rings. The number of nitrogens with zero attached hydrogens (tertiary/aromatic N) is 4. The minimum atomic E-state index is 0.260. The van der Waals surface area contributed by atoms with Gasteiger partial charge in [0.2, 0.25) is 11.9 Å². The lowest BCUT2D eigenvalue weighted by Gasteiger charge is -2.37. The summed E-state index contributed by atoms with van der Waals surface area (Å²) < 4.78 is 0. The van der Waals surface area contributed by atoms with Crippen LogP contribution in [0, 0.1) is 5.92 Å². The Morgan fingerprint density at radius 3 is 2.70 bits per heavy atom. The van der Waals surface area contributed by atoms with E-state index in [1.807, 2.05) is 11.9 Å². The van der Waals surface area contributed by atoms with Crippen LogP contribution < -0.4 is 4.90 Å². The van der Waals surface area contributed by atoms with Crippen molar-refractivity contribution in [1.82, 2.24) is 14.9 Å². The van der Waals surface area contributed by atoms with Crippen LogP contribution in [0.25, 0.3) is 0 Å². The summed E-state index contributed by atoms with van der Waals surface area (Å²) in [6, 6.07) is 0.260. The molecule has 5 nitrogen and oxygen atoms in total. The van der Waals surface area contributed by atoms with Crippen molar-refractivity contribution in [3.63, 3.8) is 0 Å². The Balaban J connectivity index is 1.66. The average Bonchev–Trinajstić information content (AvgIpc) is 3.31. The van der Waals surface area contributed by atoms with Gasteiger partial charge >= 0.3 is 0 Å². The molecule has 1 saturated carbocycles. The normalized spacial score (nSPS) is 22.7. The van der Waals surface area contributed by atoms with E-state index in [4.69, 9.17) is 11.6 Å². The first-order chi connectivity index (χ1) is 9.65. The minimum absolute atomic E-state index is 0.260. The number of halogens is 1. The molecule has 0 radical (unpaired) electrons. The fraction of sp³-hybridized carbons (Fsp3) is 0.643. The van der Waals surface area contributed by atoms with Crippen LogP contribution in [-0.4, -0.2) is 47.0 Å². The number of carbonyl (C=O) groups excluding carboxylic acids is 1. The predicted molar refractivity (Wildman–Crippen MR) is 77.8 cm³/mol. The standard InChI is InChI=1S/C14H19ClN4O/c1-18(13(20)10-4-5-10)12-3-2-6-19(9-12)14-16-7-11(15)8-17-14/h7-8,10,12H,2-6,9H2,1H3. The third kappa shape index (κ3) is 2.87. The molecule has 0 bridgehead atoms. The smallest absolute Gasteiger partial charge is 0.225 e. The zero-order valence-electron chi connectivity index (χ0n) is 11.6. The van der Waals surface area contributed by atoms with Gasteiger partial charge in [0.25, 0.3) is 0 Å². The number of anilines is 1. The Labute approximate surface area is 123 Å². The molecule has 1 atom stereocenters. The third-order valence-corrected chi connectivity index (χ3v) is 4.30. The van der Waals surface area contributed by atoms with E-state index in [1.54, 1.807) is 12.4 Å². The van der Waals surface area contributed by atoms with Crippen LogP contribution in [0.15, 0.2) is 12.4 Å². The van der Waals surface area contributed by atoms with Crippen molar-refractivity contribution in [1.29, 1.82) is 0 Å². The van der Waals surface area contributed by atoms with Crippen molar-refractivity contribution in [2.45, 2.75) is 31.7 Å². The van der Waals surface area contributed by atoms with Gasteiger partial charge in [-0.15, -0.1) is 0 Å². The summed E-state index contributed by atoms with van der Waals surface area (Å²) in [6.45, 7) is 1.74. The predicted octanol–water partition coefficient (Wildman–Crippen LogP) is 1.97. The zero-order valence-corrected chi connectivity index (χ0v) is 12.4. The first kappa shape index (κ1) is 13.6. The molecule has 0 aromatic carbocycles. The molecule has 1 aliphatic carbocycles. The van der Waals surface area contributed by atoms with Gasteiger partial charge < -0.3 is 9.80 Å². The zero-order chi connectivity index (χ0) is 14.1. The fourth-order valence-electron chi connectivity index (χ4n) is 2.72. The molecular formula is C14H19ClN4O. The van der Waals surface area contributed by atoms with E-state index >= 15 is 0 Å². The van der Waals surface area contributed by atoms with Crippen molar-refractivity contribution < 1.29 is 4.79 Å². The molecule has 1 unspecified atom stereocenters. The number of piperidine rings is 1. The first-order valence-electron chi connectivity index (χ1n) is 7.14. The maximum Gasteiger partial charge on any atom is 0.225 e. The van der Waals surface area contributed by atoms with Gasteiger partial charge in [0, 0.05) is 32.1 Å². The molecule has 2 aliphatic rings. The largest absolute Gasteiger partial charge is 0.341 e. The Hall–Kier alpha value is -1.36. The number of likely N-dealkylation sites (N-methyl/N-ethyl adjacent to an activating group) is 1. The molecule has 1 aromatic heterocycles. The van der Waals surface area contributed by atoms with E-state index in [2.05, 4.69) is 14.9 Å². The average molecular weight is 295 g/mol. The number of rotatable bonds is 3. The van der Waals surface area contributed by atoms with Gasteiger partial charge in [0.15, 0.2) is 0 Å². The molecule has 1 saturated heterocycles. The lowest BCUT2D eigenvalue weighted by Crippen LogP contribution is -2.49. The number of hydrogen-bond acceptors (Lipinski definition) is 4. The summed E-state index contributed by atoms with van der Waals surface area (Å²) in [7, 11) is 1.93. The van der Waals surface area contributed by atoms with Crippen molar-refractivity contribution in [3.05, 3.63) is 17.4 Å². The Kier molecular flexibility index (Phi) is 3.78. The molecule has 20 heavy (non-hydrogen) atoms. The van der Waals surface area contributed by atoms with E-state index in [-0.39, 0.29) is 12.0 Å². The molecule has 0 N–H and O–H groups in total. The Morgan fingerprint density at radius 2 is 2.05 bits per heavy atom. The van der Waals surface area contributed by atoms with Gasteiger partial charge in [0.1, 0.15) is 0 Å². The van der Waals surface area contributed by atoms with E-state index in [9.17, 15) is 4.79 Å². The van der Waals surface area contributed by atoms with Gasteiger partial charge in [-0.2, -0.15) is 0 Å². The van der Waals surface area contributed by atoms with E-state index in [0.717, 1.165) is 38.8 Å². The first-order valence-corrected chi connectivity index (χ1v) is 7.52. The highest BCUT2D eigenvalue weighted by atomic mass is 35.5. The summed E-state index contributed by atoms with van der Waals surface area (Å²) in [6.07, 6.45) is 7.46. The quantitative estimate of drug-likeness (QED) is 0.855. The number of carbonyl (C=O) groups is 1. The highest BCUT2D eigenvalue weighted by Gasteiger charge is 2.36. The number of aromatic nitrogens is 2. The van der Waals surface area contributed by atoms with Gasteiger partial charge in [-0.1, -0.05) is 11.6 Å².